The van der Waals surface area contributed by atoms with Crippen molar-refractivity contribution in [3.05, 3.63) is 47.5 Å². The first-order valence-corrected chi connectivity index (χ1v) is 7.28. The molecule has 0 bridgehead atoms. The summed E-state index contributed by atoms with van der Waals surface area (Å²) in [6, 6.07) is 11.4. The van der Waals surface area contributed by atoms with E-state index in [4.69, 9.17) is 21.1 Å². The first kappa shape index (κ1) is 15.6. The average Bonchev–Trinajstić information content (AvgIpc) is 2.56. The van der Waals surface area contributed by atoms with Crippen molar-refractivity contribution in [2.75, 3.05) is 6.61 Å². The summed E-state index contributed by atoms with van der Waals surface area (Å²) < 4.78 is 11.5. The first-order valence-electron chi connectivity index (χ1n) is 6.85. The Hall–Kier alpha value is -1.78. The number of hydrogen-bond donors (Lipinski definition) is 0. The number of rotatable bonds is 3. The van der Waals surface area contributed by atoms with Gasteiger partial charge >= 0.3 is 0 Å². The molecule has 1 aliphatic rings. The number of benzene rings is 1. The fourth-order valence-corrected chi connectivity index (χ4v) is 2.20. The lowest BCUT2D eigenvalue weighted by atomic mass is 9.95. The minimum Gasteiger partial charge on any atom is -0.353 e. The molecule has 2 atom stereocenters. The molecule has 21 heavy (non-hydrogen) atoms. The largest absolute Gasteiger partial charge is 0.353 e. The third kappa shape index (κ3) is 4.09. The molecule has 0 aromatic heterocycles. The molecule has 3 nitrogen and oxygen atoms in total. The van der Waals surface area contributed by atoms with Crippen LogP contribution in [0.1, 0.15) is 24.8 Å². The molecule has 0 spiro atoms. The Morgan fingerprint density at radius 2 is 2.14 bits per heavy atom. The van der Waals surface area contributed by atoms with Gasteiger partial charge in [-0.1, -0.05) is 47.9 Å². The van der Waals surface area contributed by atoms with Gasteiger partial charge in [0, 0.05) is 17.7 Å². The van der Waals surface area contributed by atoms with Crippen LogP contribution in [0.4, 0.5) is 0 Å². The highest BCUT2D eigenvalue weighted by atomic mass is 35.5. The maximum Gasteiger partial charge on any atom is 0.244 e. The van der Waals surface area contributed by atoms with Gasteiger partial charge in [0.25, 0.3) is 0 Å². The number of ether oxygens (including phenoxy) is 2. The van der Waals surface area contributed by atoms with Crippen molar-refractivity contribution >= 4 is 11.6 Å². The number of allylic oxidation sites excluding steroid dienone is 1. The predicted octanol–water partition coefficient (Wildman–Crippen LogP) is 3.70. The van der Waals surface area contributed by atoms with Crippen molar-refractivity contribution in [2.45, 2.75) is 31.2 Å². The van der Waals surface area contributed by atoms with E-state index in [2.05, 4.69) is 17.9 Å². The van der Waals surface area contributed by atoms with Crippen molar-refractivity contribution in [1.29, 1.82) is 5.26 Å². The summed E-state index contributed by atoms with van der Waals surface area (Å²) in [6.07, 6.45) is 3.87. The number of nitriles is 1. The molecular weight excluding hydrogens is 286 g/mol. The summed E-state index contributed by atoms with van der Waals surface area (Å²) in [6.45, 7) is 0.649. The summed E-state index contributed by atoms with van der Waals surface area (Å²) in [7, 11) is 0. The zero-order chi connectivity index (χ0) is 15.0. The van der Waals surface area contributed by atoms with Gasteiger partial charge in [0.2, 0.25) is 5.60 Å². The van der Waals surface area contributed by atoms with Crippen LogP contribution in [-0.2, 0) is 15.1 Å². The Balaban J connectivity index is 2.33. The Kier molecular flexibility index (Phi) is 5.84. The first-order chi connectivity index (χ1) is 10.3. The summed E-state index contributed by atoms with van der Waals surface area (Å²) in [5, 5.41) is 9.67. The maximum absolute atomic E-state index is 9.67. The van der Waals surface area contributed by atoms with Crippen LogP contribution in [-0.4, -0.2) is 12.9 Å². The van der Waals surface area contributed by atoms with Crippen molar-refractivity contribution in [3.8, 4) is 17.9 Å². The normalized spacial score (nSPS) is 21.0. The van der Waals surface area contributed by atoms with Gasteiger partial charge in [0.15, 0.2) is 6.29 Å². The molecule has 2 unspecified atom stereocenters. The van der Waals surface area contributed by atoms with Crippen LogP contribution in [0.15, 0.2) is 41.9 Å². The van der Waals surface area contributed by atoms with E-state index >= 15 is 0 Å². The minimum absolute atomic E-state index is 0.409. The van der Waals surface area contributed by atoms with E-state index in [0.717, 1.165) is 19.3 Å². The maximum atomic E-state index is 9.67. The van der Waals surface area contributed by atoms with E-state index < -0.39 is 11.9 Å². The van der Waals surface area contributed by atoms with Gasteiger partial charge in [0.1, 0.15) is 6.07 Å². The van der Waals surface area contributed by atoms with E-state index in [0.29, 0.717) is 12.2 Å². The fourth-order valence-electron chi connectivity index (χ4n) is 2.14. The Labute approximate surface area is 130 Å². The molecule has 1 saturated heterocycles. The Bertz CT molecular complexity index is 576. The van der Waals surface area contributed by atoms with E-state index in [-0.39, 0.29) is 0 Å². The van der Waals surface area contributed by atoms with Gasteiger partial charge < -0.3 is 9.47 Å². The number of halogens is 1. The molecule has 0 aliphatic carbocycles. The van der Waals surface area contributed by atoms with Gasteiger partial charge in [-0.25, -0.2) is 0 Å². The quantitative estimate of drug-likeness (QED) is 0.799. The van der Waals surface area contributed by atoms with Crippen LogP contribution in [0.2, 0.25) is 0 Å². The van der Waals surface area contributed by atoms with Gasteiger partial charge in [0.05, 0.1) is 0 Å². The van der Waals surface area contributed by atoms with Crippen LogP contribution in [0, 0.1) is 23.2 Å². The predicted molar refractivity (Wildman–Crippen MR) is 81.2 cm³/mol. The summed E-state index contributed by atoms with van der Waals surface area (Å²) in [5.41, 5.74) is 0.647. The molecule has 1 fully saturated rings. The lowest BCUT2D eigenvalue weighted by Crippen LogP contribution is -2.35. The van der Waals surface area contributed by atoms with E-state index in [1.807, 2.05) is 30.3 Å². The molecule has 2 rings (SSSR count). The molecule has 4 heteroatoms. The van der Waals surface area contributed by atoms with Crippen molar-refractivity contribution in [2.24, 2.45) is 0 Å². The molecule has 1 aromatic rings. The molecular formula is C17H16ClNO2. The fraction of sp³-hybridized carbons (Fsp3) is 0.353. The van der Waals surface area contributed by atoms with Gasteiger partial charge in [-0.3, -0.25) is 0 Å². The van der Waals surface area contributed by atoms with Crippen LogP contribution in [0.25, 0.3) is 0 Å². The zero-order valence-electron chi connectivity index (χ0n) is 11.6. The topological polar surface area (TPSA) is 42.2 Å². The second-order valence-electron chi connectivity index (χ2n) is 4.63. The molecule has 0 saturated carbocycles. The monoisotopic (exact) mass is 301 g/mol. The third-order valence-electron chi connectivity index (χ3n) is 3.18. The SMILES string of the molecule is N#CC(C#C/C=C\Cl)(OC1CCCCO1)c1ccccc1. The average molecular weight is 302 g/mol. The molecule has 1 aliphatic heterocycles. The lowest BCUT2D eigenvalue weighted by Gasteiger charge is -2.30. The summed E-state index contributed by atoms with van der Waals surface area (Å²) >= 11 is 5.48. The number of nitrogens with zero attached hydrogens (tertiary/aromatic N) is 1. The van der Waals surface area contributed by atoms with Crippen LogP contribution in [0.3, 0.4) is 0 Å². The third-order valence-corrected chi connectivity index (χ3v) is 3.30. The van der Waals surface area contributed by atoms with Crippen LogP contribution in [0.5, 0.6) is 0 Å². The highest BCUT2D eigenvalue weighted by Crippen LogP contribution is 2.29. The zero-order valence-corrected chi connectivity index (χ0v) is 12.3. The standard InChI is InChI=1S/C17H16ClNO2/c18-12-6-5-11-17(14-19,15-8-2-1-3-9-15)21-16-10-4-7-13-20-16/h1-3,6,8-9,12,16H,4,7,10,13H2/b12-6-. The minimum atomic E-state index is -1.35. The molecule has 1 aromatic carbocycles. The van der Waals surface area contributed by atoms with E-state index in [9.17, 15) is 5.26 Å². The van der Waals surface area contributed by atoms with Crippen molar-refractivity contribution in [1.82, 2.24) is 0 Å². The summed E-state index contributed by atoms with van der Waals surface area (Å²) in [4.78, 5) is 0. The second-order valence-corrected chi connectivity index (χ2v) is 4.89. The summed E-state index contributed by atoms with van der Waals surface area (Å²) in [5.74, 6) is 5.61. The molecule has 108 valence electrons. The van der Waals surface area contributed by atoms with Crippen molar-refractivity contribution < 1.29 is 9.47 Å². The molecule has 0 N–H and O–H groups in total. The Morgan fingerprint density at radius 1 is 1.33 bits per heavy atom. The van der Waals surface area contributed by atoms with Gasteiger partial charge in [-0.2, -0.15) is 5.26 Å². The molecule has 0 radical (unpaired) electrons. The van der Waals surface area contributed by atoms with Crippen LogP contribution < -0.4 is 0 Å². The molecule has 0 amide bonds. The highest BCUT2D eigenvalue weighted by molar-refractivity contribution is 6.25. The second kappa shape index (κ2) is 7.86. The number of hydrogen-bond acceptors (Lipinski definition) is 3. The van der Waals surface area contributed by atoms with E-state index in [1.54, 1.807) is 0 Å². The van der Waals surface area contributed by atoms with Crippen LogP contribution >= 0.6 is 11.6 Å². The Morgan fingerprint density at radius 3 is 2.76 bits per heavy atom. The van der Waals surface area contributed by atoms with Crippen molar-refractivity contribution in [3.63, 3.8) is 0 Å². The smallest absolute Gasteiger partial charge is 0.244 e. The highest BCUT2D eigenvalue weighted by Gasteiger charge is 2.35. The molecule has 1 heterocycles. The van der Waals surface area contributed by atoms with E-state index in [1.165, 1.54) is 11.6 Å². The lowest BCUT2D eigenvalue weighted by molar-refractivity contribution is -0.197. The van der Waals surface area contributed by atoms with Gasteiger partial charge in [-0.05, 0) is 31.3 Å². The van der Waals surface area contributed by atoms with Gasteiger partial charge in [-0.15, -0.1) is 0 Å².